The third kappa shape index (κ3) is 1.89. The first-order chi connectivity index (χ1) is 7.59. The third-order valence-electron chi connectivity index (χ3n) is 2.12. The van der Waals surface area contributed by atoms with Gasteiger partial charge in [0.25, 0.3) is 5.91 Å². The molecule has 3 nitrogen and oxygen atoms in total. The second-order valence-electron chi connectivity index (χ2n) is 3.24. The standard InChI is InChI=1S/C11H9ClN2OS/c12-7-4-2-1-3-6(7)9-5-8(13)10(16-9)11(14)15/h1-5H,13H2,(H2,14,15). The third-order valence-corrected chi connectivity index (χ3v) is 3.65. The molecule has 82 valence electrons. The Hall–Kier alpha value is -1.52. The Kier molecular flexibility index (Phi) is 2.85. The van der Waals surface area contributed by atoms with Crippen molar-refractivity contribution in [3.05, 3.63) is 40.2 Å². The van der Waals surface area contributed by atoms with Gasteiger partial charge in [-0.3, -0.25) is 4.79 Å². The summed E-state index contributed by atoms with van der Waals surface area (Å²) in [6, 6.07) is 9.10. The summed E-state index contributed by atoms with van der Waals surface area (Å²) < 4.78 is 0. The summed E-state index contributed by atoms with van der Waals surface area (Å²) in [6.45, 7) is 0. The van der Waals surface area contributed by atoms with Gasteiger partial charge in [-0.2, -0.15) is 0 Å². The number of carbonyl (C=O) groups excluding carboxylic acids is 1. The Labute approximate surface area is 102 Å². The van der Waals surface area contributed by atoms with Gasteiger partial charge in [0.15, 0.2) is 0 Å². The van der Waals surface area contributed by atoms with E-state index in [1.165, 1.54) is 11.3 Å². The first kappa shape index (κ1) is 11.0. The number of amides is 1. The molecule has 0 fully saturated rings. The lowest BCUT2D eigenvalue weighted by molar-refractivity contribution is 0.100. The number of rotatable bonds is 2. The van der Waals surface area contributed by atoms with Gasteiger partial charge in [-0.1, -0.05) is 29.8 Å². The molecule has 0 aliphatic carbocycles. The number of primary amides is 1. The summed E-state index contributed by atoms with van der Waals surface area (Å²) in [6.07, 6.45) is 0. The minimum atomic E-state index is -0.513. The van der Waals surface area contributed by atoms with Crippen molar-refractivity contribution in [3.8, 4) is 10.4 Å². The average Bonchev–Trinajstić information content (AvgIpc) is 2.61. The van der Waals surface area contributed by atoms with Crippen LogP contribution in [0.15, 0.2) is 30.3 Å². The summed E-state index contributed by atoms with van der Waals surface area (Å²) in [5, 5.41) is 0.625. The van der Waals surface area contributed by atoms with Crippen LogP contribution in [0.25, 0.3) is 10.4 Å². The molecule has 0 aliphatic heterocycles. The van der Waals surface area contributed by atoms with E-state index >= 15 is 0 Å². The summed E-state index contributed by atoms with van der Waals surface area (Å²) in [4.78, 5) is 12.3. The molecule has 0 bridgehead atoms. The number of thiophene rings is 1. The van der Waals surface area contributed by atoms with Crippen molar-refractivity contribution in [3.63, 3.8) is 0 Å². The first-order valence-electron chi connectivity index (χ1n) is 4.53. The highest BCUT2D eigenvalue weighted by Crippen LogP contribution is 2.36. The zero-order valence-electron chi connectivity index (χ0n) is 8.24. The number of anilines is 1. The summed E-state index contributed by atoms with van der Waals surface area (Å²) in [5.74, 6) is -0.513. The van der Waals surface area contributed by atoms with Crippen molar-refractivity contribution < 1.29 is 4.79 Å². The van der Waals surface area contributed by atoms with Crippen molar-refractivity contribution in [2.24, 2.45) is 5.73 Å². The highest BCUT2D eigenvalue weighted by atomic mass is 35.5. The van der Waals surface area contributed by atoms with Gasteiger partial charge in [-0.25, -0.2) is 0 Å². The number of halogens is 1. The molecule has 0 spiro atoms. The Bertz CT molecular complexity index is 551. The van der Waals surface area contributed by atoms with E-state index in [0.29, 0.717) is 15.6 Å². The molecule has 16 heavy (non-hydrogen) atoms. The van der Waals surface area contributed by atoms with Crippen LogP contribution in [-0.2, 0) is 0 Å². The molecule has 5 heteroatoms. The zero-order chi connectivity index (χ0) is 11.7. The fourth-order valence-corrected chi connectivity index (χ4v) is 2.66. The van der Waals surface area contributed by atoms with Crippen LogP contribution in [0.1, 0.15) is 9.67 Å². The van der Waals surface area contributed by atoms with Crippen LogP contribution in [0, 0.1) is 0 Å². The maximum atomic E-state index is 11.1. The number of nitrogens with two attached hydrogens (primary N) is 2. The molecule has 1 aromatic heterocycles. The quantitative estimate of drug-likeness (QED) is 0.863. The number of benzene rings is 1. The van der Waals surface area contributed by atoms with Crippen molar-refractivity contribution >= 4 is 34.5 Å². The van der Waals surface area contributed by atoms with E-state index in [9.17, 15) is 4.79 Å². The monoisotopic (exact) mass is 252 g/mol. The van der Waals surface area contributed by atoms with E-state index < -0.39 is 5.91 Å². The molecule has 4 N–H and O–H groups in total. The van der Waals surface area contributed by atoms with Crippen LogP contribution in [0.5, 0.6) is 0 Å². The van der Waals surface area contributed by atoms with E-state index in [-0.39, 0.29) is 0 Å². The van der Waals surface area contributed by atoms with Gasteiger partial charge >= 0.3 is 0 Å². The molecular formula is C11H9ClN2OS. The summed E-state index contributed by atoms with van der Waals surface area (Å²) in [5.41, 5.74) is 12.1. The summed E-state index contributed by atoms with van der Waals surface area (Å²) in [7, 11) is 0. The summed E-state index contributed by atoms with van der Waals surface area (Å²) >= 11 is 7.30. The predicted octanol–water partition coefficient (Wildman–Crippen LogP) is 2.75. The van der Waals surface area contributed by atoms with Crippen LogP contribution < -0.4 is 11.5 Å². The molecule has 0 aliphatic rings. The highest BCUT2D eigenvalue weighted by Gasteiger charge is 2.13. The predicted molar refractivity (Wildman–Crippen MR) is 67.7 cm³/mol. The molecule has 1 amide bonds. The average molecular weight is 253 g/mol. The Morgan fingerprint density at radius 1 is 1.31 bits per heavy atom. The van der Waals surface area contributed by atoms with Crippen molar-refractivity contribution in [1.82, 2.24) is 0 Å². The topological polar surface area (TPSA) is 69.1 Å². The van der Waals surface area contributed by atoms with E-state index in [1.807, 2.05) is 18.2 Å². The fraction of sp³-hybridized carbons (Fsp3) is 0. The molecule has 2 aromatic rings. The zero-order valence-corrected chi connectivity index (χ0v) is 9.81. The second kappa shape index (κ2) is 4.15. The smallest absolute Gasteiger partial charge is 0.260 e. The number of hydrogen-bond acceptors (Lipinski definition) is 3. The Balaban J connectivity index is 2.54. The van der Waals surface area contributed by atoms with Gasteiger partial charge in [0, 0.05) is 15.5 Å². The van der Waals surface area contributed by atoms with Crippen LogP contribution in [0.2, 0.25) is 5.02 Å². The van der Waals surface area contributed by atoms with E-state index in [4.69, 9.17) is 23.1 Å². The molecule has 0 saturated carbocycles. The molecule has 1 aromatic carbocycles. The lowest BCUT2D eigenvalue weighted by Gasteiger charge is -1.98. The van der Waals surface area contributed by atoms with E-state index in [2.05, 4.69) is 0 Å². The van der Waals surface area contributed by atoms with Crippen LogP contribution >= 0.6 is 22.9 Å². The SMILES string of the molecule is NC(=O)c1sc(-c2ccccc2Cl)cc1N. The van der Waals surface area contributed by atoms with Gasteiger partial charge in [0.05, 0.1) is 5.69 Å². The van der Waals surface area contributed by atoms with E-state index in [0.717, 1.165) is 10.4 Å². The van der Waals surface area contributed by atoms with Crippen LogP contribution in [-0.4, -0.2) is 5.91 Å². The maximum absolute atomic E-state index is 11.1. The van der Waals surface area contributed by atoms with Crippen LogP contribution in [0.4, 0.5) is 5.69 Å². The Morgan fingerprint density at radius 3 is 2.56 bits per heavy atom. The van der Waals surface area contributed by atoms with Gasteiger partial charge < -0.3 is 11.5 Å². The molecule has 1 heterocycles. The van der Waals surface area contributed by atoms with Gasteiger partial charge in [0.2, 0.25) is 0 Å². The Morgan fingerprint density at radius 2 is 2.00 bits per heavy atom. The van der Waals surface area contributed by atoms with E-state index in [1.54, 1.807) is 12.1 Å². The molecule has 2 rings (SSSR count). The van der Waals surface area contributed by atoms with Gasteiger partial charge in [-0.15, -0.1) is 11.3 Å². The molecule has 0 atom stereocenters. The van der Waals surface area contributed by atoms with Crippen molar-refractivity contribution in [2.45, 2.75) is 0 Å². The second-order valence-corrected chi connectivity index (χ2v) is 4.70. The lowest BCUT2D eigenvalue weighted by Crippen LogP contribution is -2.10. The lowest BCUT2D eigenvalue weighted by atomic mass is 10.2. The minimum Gasteiger partial charge on any atom is -0.397 e. The maximum Gasteiger partial charge on any atom is 0.260 e. The van der Waals surface area contributed by atoms with Crippen LogP contribution in [0.3, 0.4) is 0 Å². The molecule has 0 unspecified atom stereocenters. The largest absolute Gasteiger partial charge is 0.397 e. The normalized spacial score (nSPS) is 10.3. The number of nitrogen functional groups attached to an aromatic ring is 1. The van der Waals surface area contributed by atoms with Crippen molar-refractivity contribution in [1.29, 1.82) is 0 Å². The highest BCUT2D eigenvalue weighted by molar-refractivity contribution is 7.18. The number of carbonyl (C=O) groups is 1. The minimum absolute atomic E-state index is 0.370. The number of hydrogen-bond donors (Lipinski definition) is 2. The van der Waals surface area contributed by atoms with Crippen molar-refractivity contribution in [2.75, 3.05) is 5.73 Å². The van der Waals surface area contributed by atoms with Gasteiger partial charge in [-0.05, 0) is 12.1 Å². The molecular weight excluding hydrogens is 244 g/mol. The fourth-order valence-electron chi connectivity index (χ4n) is 1.39. The first-order valence-corrected chi connectivity index (χ1v) is 5.73. The molecule has 0 saturated heterocycles. The molecule has 0 radical (unpaired) electrons. The van der Waals surface area contributed by atoms with Gasteiger partial charge in [0.1, 0.15) is 4.88 Å².